The van der Waals surface area contributed by atoms with Gasteiger partial charge in [0.05, 0.1) is 19.6 Å². The maximum absolute atomic E-state index is 13.0. The molecule has 0 saturated carbocycles. The molecule has 1 atom stereocenters. The molecule has 2 fully saturated rings. The summed E-state index contributed by atoms with van der Waals surface area (Å²) in [6, 6.07) is 5.66. The van der Waals surface area contributed by atoms with Crippen LogP contribution in [0.1, 0.15) is 23.7 Å². The SMILES string of the molecule is CC(=O)c1ccc(NC(=O)C[C@@H]2C(=O)NCCN2C(=O)CN2CCN(CCO)CC2)cc1. The second-order valence-corrected chi connectivity index (χ2v) is 8.12. The minimum atomic E-state index is -0.858. The van der Waals surface area contributed by atoms with Crippen LogP contribution in [-0.4, -0.2) is 108 Å². The molecule has 10 heteroatoms. The molecule has 3 N–H and O–H groups in total. The van der Waals surface area contributed by atoms with Crippen molar-refractivity contribution in [1.82, 2.24) is 20.0 Å². The fraction of sp³-hybridized carbons (Fsp3) is 0.545. The Morgan fingerprint density at radius 2 is 1.72 bits per heavy atom. The topological polar surface area (TPSA) is 122 Å². The summed E-state index contributed by atoms with van der Waals surface area (Å²) in [5, 5.41) is 14.5. The predicted molar refractivity (Wildman–Crippen MR) is 118 cm³/mol. The zero-order chi connectivity index (χ0) is 23.1. The van der Waals surface area contributed by atoms with Crippen LogP contribution in [0, 0.1) is 0 Å². The standard InChI is InChI=1S/C22H31N5O5/c1-16(29)17-2-4-18(5-3-17)24-20(30)14-19-22(32)23-6-7-27(19)21(31)15-26-10-8-25(9-11-26)12-13-28/h2-5,19,28H,6-15H2,1H3,(H,23,32)(H,24,30)/t19-/m1/s1. The van der Waals surface area contributed by atoms with Crippen molar-refractivity contribution in [3.63, 3.8) is 0 Å². The number of aliphatic hydroxyl groups excluding tert-OH is 1. The van der Waals surface area contributed by atoms with E-state index in [0.29, 0.717) is 44.0 Å². The highest BCUT2D eigenvalue weighted by molar-refractivity contribution is 5.98. The number of anilines is 1. The van der Waals surface area contributed by atoms with E-state index in [4.69, 9.17) is 5.11 Å². The maximum Gasteiger partial charge on any atom is 0.243 e. The number of hydrogen-bond donors (Lipinski definition) is 3. The third-order valence-electron chi connectivity index (χ3n) is 5.85. The summed E-state index contributed by atoms with van der Waals surface area (Å²) in [4.78, 5) is 55.0. The summed E-state index contributed by atoms with van der Waals surface area (Å²) in [6.07, 6.45) is -0.143. The second kappa shape index (κ2) is 11.2. The van der Waals surface area contributed by atoms with Gasteiger partial charge >= 0.3 is 0 Å². The first-order chi connectivity index (χ1) is 15.4. The van der Waals surface area contributed by atoms with Crippen LogP contribution in [0.2, 0.25) is 0 Å². The van der Waals surface area contributed by atoms with Crippen LogP contribution in [-0.2, 0) is 14.4 Å². The molecule has 0 bridgehead atoms. The van der Waals surface area contributed by atoms with Gasteiger partial charge in [0.25, 0.3) is 0 Å². The predicted octanol–water partition coefficient (Wildman–Crippen LogP) is -0.845. The smallest absolute Gasteiger partial charge is 0.243 e. The van der Waals surface area contributed by atoms with Crippen molar-refractivity contribution in [2.45, 2.75) is 19.4 Å². The molecule has 3 rings (SSSR count). The van der Waals surface area contributed by atoms with Crippen LogP contribution >= 0.6 is 0 Å². The summed E-state index contributed by atoms with van der Waals surface area (Å²) < 4.78 is 0. The molecule has 32 heavy (non-hydrogen) atoms. The van der Waals surface area contributed by atoms with Gasteiger partial charge < -0.3 is 20.6 Å². The molecule has 0 spiro atoms. The number of ketones is 1. The minimum Gasteiger partial charge on any atom is -0.395 e. The molecule has 0 unspecified atom stereocenters. The number of Topliss-reactive ketones (excluding diaryl/α,β-unsaturated/α-hetero) is 1. The third kappa shape index (κ3) is 6.35. The molecule has 0 aromatic heterocycles. The molecule has 3 amide bonds. The quantitative estimate of drug-likeness (QED) is 0.446. The lowest BCUT2D eigenvalue weighted by Crippen LogP contribution is -2.60. The number of benzene rings is 1. The number of β-amino-alcohol motifs (C(OH)–C–C–N with tert-alkyl or cyclic N) is 1. The van der Waals surface area contributed by atoms with Crippen molar-refractivity contribution >= 4 is 29.2 Å². The van der Waals surface area contributed by atoms with Crippen molar-refractivity contribution in [3.8, 4) is 0 Å². The number of nitrogens with one attached hydrogen (secondary N) is 2. The zero-order valence-electron chi connectivity index (χ0n) is 18.4. The van der Waals surface area contributed by atoms with Crippen molar-refractivity contribution in [2.75, 3.05) is 64.3 Å². The van der Waals surface area contributed by atoms with Gasteiger partial charge in [-0.05, 0) is 31.2 Å². The Bertz CT molecular complexity index is 836. The lowest BCUT2D eigenvalue weighted by atomic mass is 10.1. The van der Waals surface area contributed by atoms with Crippen LogP contribution in [0.4, 0.5) is 5.69 Å². The summed E-state index contributed by atoms with van der Waals surface area (Å²) in [5.41, 5.74) is 1.07. The zero-order valence-corrected chi connectivity index (χ0v) is 18.4. The number of carbonyl (C=O) groups excluding carboxylic acids is 4. The van der Waals surface area contributed by atoms with E-state index in [-0.39, 0.29) is 43.1 Å². The fourth-order valence-corrected chi connectivity index (χ4v) is 3.99. The first-order valence-corrected chi connectivity index (χ1v) is 10.9. The lowest BCUT2D eigenvalue weighted by molar-refractivity contribution is -0.145. The van der Waals surface area contributed by atoms with E-state index in [1.807, 2.05) is 4.90 Å². The third-order valence-corrected chi connectivity index (χ3v) is 5.85. The molecule has 2 saturated heterocycles. The lowest BCUT2D eigenvalue weighted by Gasteiger charge is -2.38. The van der Waals surface area contributed by atoms with E-state index in [9.17, 15) is 19.2 Å². The van der Waals surface area contributed by atoms with E-state index in [1.165, 1.54) is 11.8 Å². The average molecular weight is 446 g/mol. The Morgan fingerprint density at radius 1 is 1.06 bits per heavy atom. The van der Waals surface area contributed by atoms with Gasteiger partial charge in [-0.15, -0.1) is 0 Å². The number of rotatable bonds is 8. The van der Waals surface area contributed by atoms with Crippen LogP contribution in [0.15, 0.2) is 24.3 Å². The molecular weight excluding hydrogens is 414 g/mol. The number of aliphatic hydroxyl groups is 1. The number of nitrogens with zero attached hydrogens (tertiary/aromatic N) is 3. The molecule has 10 nitrogen and oxygen atoms in total. The van der Waals surface area contributed by atoms with Crippen LogP contribution < -0.4 is 10.6 Å². The Morgan fingerprint density at radius 3 is 2.34 bits per heavy atom. The Balaban J connectivity index is 1.56. The van der Waals surface area contributed by atoms with E-state index in [0.717, 1.165) is 13.1 Å². The van der Waals surface area contributed by atoms with Gasteiger partial charge in [-0.25, -0.2) is 0 Å². The van der Waals surface area contributed by atoms with E-state index in [2.05, 4.69) is 15.5 Å². The van der Waals surface area contributed by atoms with E-state index < -0.39 is 6.04 Å². The Hall–Kier alpha value is -2.82. The van der Waals surface area contributed by atoms with Gasteiger partial charge in [-0.1, -0.05) is 0 Å². The highest BCUT2D eigenvalue weighted by Gasteiger charge is 2.35. The van der Waals surface area contributed by atoms with Gasteiger partial charge in [0.15, 0.2) is 5.78 Å². The Labute approximate surface area is 187 Å². The molecular formula is C22H31N5O5. The van der Waals surface area contributed by atoms with Gasteiger partial charge in [0.2, 0.25) is 17.7 Å². The summed E-state index contributed by atoms with van der Waals surface area (Å²) >= 11 is 0. The molecule has 0 radical (unpaired) electrons. The fourth-order valence-electron chi connectivity index (χ4n) is 3.99. The first-order valence-electron chi connectivity index (χ1n) is 10.9. The van der Waals surface area contributed by atoms with E-state index in [1.54, 1.807) is 24.3 Å². The number of carbonyl (C=O) groups is 4. The van der Waals surface area contributed by atoms with Gasteiger partial charge in [-0.2, -0.15) is 0 Å². The monoisotopic (exact) mass is 445 g/mol. The molecule has 1 aromatic carbocycles. The van der Waals surface area contributed by atoms with Gasteiger partial charge in [0, 0.05) is 57.1 Å². The summed E-state index contributed by atoms with van der Waals surface area (Å²) in [7, 11) is 0. The highest BCUT2D eigenvalue weighted by Crippen LogP contribution is 2.14. The number of piperazine rings is 2. The summed E-state index contributed by atoms with van der Waals surface area (Å²) in [6.45, 7) is 6.13. The maximum atomic E-state index is 13.0. The minimum absolute atomic E-state index is 0.0642. The van der Waals surface area contributed by atoms with Crippen LogP contribution in [0.5, 0.6) is 0 Å². The molecule has 1 aromatic rings. The number of hydrogen-bond acceptors (Lipinski definition) is 7. The van der Waals surface area contributed by atoms with Crippen molar-refractivity contribution < 1.29 is 24.3 Å². The van der Waals surface area contributed by atoms with Crippen molar-refractivity contribution in [2.24, 2.45) is 0 Å². The van der Waals surface area contributed by atoms with Crippen LogP contribution in [0.25, 0.3) is 0 Å². The van der Waals surface area contributed by atoms with Gasteiger partial charge in [0.1, 0.15) is 6.04 Å². The molecule has 2 heterocycles. The molecule has 174 valence electrons. The molecule has 2 aliphatic heterocycles. The first kappa shape index (κ1) is 23.8. The molecule has 0 aliphatic carbocycles. The highest BCUT2D eigenvalue weighted by atomic mass is 16.3. The van der Waals surface area contributed by atoms with E-state index >= 15 is 0 Å². The Kier molecular flexibility index (Phi) is 8.32. The second-order valence-electron chi connectivity index (χ2n) is 8.12. The van der Waals surface area contributed by atoms with Crippen LogP contribution in [0.3, 0.4) is 0 Å². The van der Waals surface area contributed by atoms with Gasteiger partial charge in [-0.3, -0.25) is 29.0 Å². The molecule has 2 aliphatic rings. The summed E-state index contributed by atoms with van der Waals surface area (Å²) in [5.74, 6) is -0.942. The number of amides is 3. The normalized spacial score (nSPS) is 20.0. The largest absolute Gasteiger partial charge is 0.395 e. The average Bonchev–Trinajstić information content (AvgIpc) is 2.77. The van der Waals surface area contributed by atoms with Crippen molar-refractivity contribution in [3.05, 3.63) is 29.8 Å². The van der Waals surface area contributed by atoms with Crippen molar-refractivity contribution in [1.29, 1.82) is 0 Å².